The minimum absolute atomic E-state index is 0. The number of alkyl carbamates (subject to hydrolysis) is 1. The van der Waals surface area contributed by atoms with Gasteiger partial charge in [0.2, 0.25) is 0 Å². The molecule has 1 amide bonds. The number of carboxylic acids is 1. The Hall–Kier alpha value is -1.46. The number of amides is 1. The number of aliphatic hydroxyl groups excluding tert-OH is 4. The summed E-state index contributed by atoms with van der Waals surface area (Å²) < 4.78 is 10.1. The molecule has 1 aliphatic heterocycles. The number of aliphatic carboxylic acids is 1. The van der Waals surface area contributed by atoms with Crippen molar-refractivity contribution in [2.75, 3.05) is 13.2 Å². The van der Waals surface area contributed by atoms with Crippen LogP contribution in [-0.2, 0) is 14.3 Å². The molecule has 0 aromatic heterocycles. The number of aliphatic hydroxyl groups is 4. The van der Waals surface area contributed by atoms with Crippen LogP contribution >= 0.6 is 0 Å². The molecule has 0 saturated carbocycles. The Morgan fingerprint density at radius 1 is 1.16 bits per heavy atom. The summed E-state index contributed by atoms with van der Waals surface area (Å²) in [5.41, 5.74) is 0. The average Bonchev–Trinajstić information content (AvgIpc) is 2.55. The van der Waals surface area contributed by atoms with E-state index in [9.17, 15) is 24.9 Å². The lowest BCUT2D eigenvalue weighted by atomic mass is 9.93. The van der Waals surface area contributed by atoms with Gasteiger partial charge in [0.1, 0.15) is 30.5 Å². The highest BCUT2D eigenvalue weighted by atomic mass is 16.6. The van der Waals surface area contributed by atoms with E-state index in [1.165, 1.54) is 0 Å². The fourth-order valence-corrected chi connectivity index (χ4v) is 2.39. The van der Waals surface area contributed by atoms with Crippen LogP contribution in [0, 0.1) is 0 Å². The topological polar surface area (TPSA) is 166 Å². The van der Waals surface area contributed by atoms with Crippen molar-refractivity contribution in [3.05, 3.63) is 0 Å². The van der Waals surface area contributed by atoms with E-state index < -0.39 is 55.2 Å². The Bertz CT molecular complexity index is 418. The number of carbonyl (C=O) groups excluding carboxylic acids is 1. The summed E-state index contributed by atoms with van der Waals surface area (Å²) in [5, 5.41) is 49.2. The molecule has 10 heteroatoms. The molecule has 6 N–H and O–H groups in total. The molecule has 1 saturated heterocycles. The lowest BCUT2D eigenvalue weighted by Gasteiger charge is -2.40. The lowest BCUT2D eigenvalue weighted by Crippen LogP contribution is -2.58. The van der Waals surface area contributed by atoms with Gasteiger partial charge < -0.3 is 40.3 Å². The van der Waals surface area contributed by atoms with Gasteiger partial charge in [-0.2, -0.15) is 0 Å². The molecular weight excluding hydrogens is 338 g/mol. The normalized spacial score (nSPS) is 30.0. The molecule has 0 bridgehead atoms. The van der Waals surface area contributed by atoms with Gasteiger partial charge in [0.05, 0.1) is 19.3 Å². The SMILES string of the molecule is C.CCC(NC(=O)OCCC[C@@H]1OC(CO)C(O)C(O)C1O)C(=O)O. The van der Waals surface area contributed by atoms with Gasteiger partial charge >= 0.3 is 12.1 Å². The molecule has 10 nitrogen and oxygen atoms in total. The number of ether oxygens (including phenoxy) is 2. The first-order valence-electron chi connectivity index (χ1n) is 7.78. The molecule has 148 valence electrons. The fraction of sp³-hybridized carbons (Fsp3) is 0.867. The zero-order valence-electron chi connectivity index (χ0n) is 13.4. The Morgan fingerprint density at radius 2 is 1.76 bits per heavy atom. The van der Waals surface area contributed by atoms with Crippen LogP contribution in [0.4, 0.5) is 4.79 Å². The van der Waals surface area contributed by atoms with E-state index in [1.54, 1.807) is 6.92 Å². The van der Waals surface area contributed by atoms with Gasteiger partial charge in [0.15, 0.2) is 0 Å². The van der Waals surface area contributed by atoms with E-state index in [4.69, 9.17) is 19.7 Å². The zero-order chi connectivity index (χ0) is 18.3. The molecule has 1 fully saturated rings. The van der Waals surface area contributed by atoms with Gasteiger partial charge in [-0.05, 0) is 19.3 Å². The standard InChI is InChI=1S/C14H25NO9.CH4/c1-2-7(13(20)21)15-14(22)23-5-3-4-8-10(17)12(19)11(18)9(6-16)24-8;/h7-12,16-19H,2-6H2,1H3,(H,15,22)(H,20,21);1H4/t7?,8-,9?,10?,11?,12?;/m0./s1. The Labute approximate surface area is 146 Å². The largest absolute Gasteiger partial charge is 0.480 e. The van der Waals surface area contributed by atoms with E-state index in [0.29, 0.717) is 0 Å². The smallest absolute Gasteiger partial charge is 0.407 e. The molecule has 25 heavy (non-hydrogen) atoms. The lowest BCUT2D eigenvalue weighted by molar-refractivity contribution is -0.230. The maximum Gasteiger partial charge on any atom is 0.407 e. The number of nitrogens with one attached hydrogen (secondary N) is 1. The maximum absolute atomic E-state index is 11.4. The second-order valence-corrected chi connectivity index (χ2v) is 5.59. The zero-order valence-corrected chi connectivity index (χ0v) is 13.4. The monoisotopic (exact) mass is 367 g/mol. The molecule has 0 aliphatic carbocycles. The van der Waals surface area contributed by atoms with Crippen molar-refractivity contribution in [1.82, 2.24) is 5.32 Å². The van der Waals surface area contributed by atoms with Gasteiger partial charge in [0.25, 0.3) is 0 Å². The van der Waals surface area contributed by atoms with Crippen LogP contribution in [0.25, 0.3) is 0 Å². The number of carboxylic acid groups (broad SMARTS) is 1. The first kappa shape index (κ1) is 23.5. The van der Waals surface area contributed by atoms with Crippen LogP contribution in [0.15, 0.2) is 0 Å². The minimum Gasteiger partial charge on any atom is -0.480 e. The molecule has 5 unspecified atom stereocenters. The number of carbonyl (C=O) groups is 2. The average molecular weight is 367 g/mol. The number of hydrogen-bond acceptors (Lipinski definition) is 8. The summed E-state index contributed by atoms with van der Waals surface area (Å²) in [5.74, 6) is -1.16. The highest BCUT2D eigenvalue weighted by molar-refractivity contribution is 5.79. The molecule has 0 radical (unpaired) electrons. The van der Waals surface area contributed by atoms with Gasteiger partial charge in [-0.15, -0.1) is 0 Å². The van der Waals surface area contributed by atoms with Gasteiger partial charge in [-0.3, -0.25) is 0 Å². The molecule has 0 aromatic carbocycles. The number of rotatable bonds is 8. The van der Waals surface area contributed by atoms with Crippen molar-refractivity contribution in [3.8, 4) is 0 Å². The Morgan fingerprint density at radius 3 is 2.28 bits per heavy atom. The highest BCUT2D eigenvalue weighted by Gasteiger charge is 2.42. The fourth-order valence-electron chi connectivity index (χ4n) is 2.39. The van der Waals surface area contributed by atoms with Crippen molar-refractivity contribution in [3.63, 3.8) is 0 Å². The van der Waals surface area contributed by atoms with Crippen LogP contribution in [-0.4, -0.2) is 87.4 Å². The second kappa shape index (κ2) is 11.2. The summed E-state index contributed by atoms with van der Waals surface area (Å²) in [6.07, 6.45) is -6.13. The van der Waals surface area contributed by atoms with Crippen LogP contribution < -0.4 is 5.32 Å². The molecule has 1 heterocycles. The minimum atomic E-state index is -1.44. The van der Waals surface area contributed by atoms with E-state index in [2.05, 4.69) is 5.32 Å². The molecule has 1 aliphatic rings. The van der Waals surface area contributed by atoms with Crippen molar-refractivity contribution < 1.29 is 44.6 Å². The van der Waals surface area contributed by atoms with Crippen molar-refractivity contribution in [2.45, 2.75) is 70.2 Å². The van der Waals surface area contributed by atoms with E-state index >= 15 is 0 Å². The number of hydrogen-bond donors (Lipinski definition) is 6. The molecule has 0 aromatic rings. The van der Waals surface area contributed by atoms with Gasteiger partial charge in [-0.25, -0.2) is 9.59 Å². The predicted octanol–water partition coefficient (Wildman–Crippen LogP) is -1.17. The van der Waals surface area contributed by atoms with Crippen molar-refractivity contribution in [2.24, 2.45) is 0 Å². The predicted molar refractivity (Wildman–Crippen MR) is 85.9 cm³/mol. The van der Waals surface area contributed by atoms with Gasteiger partial charge in [-0.1, -0.05) is 14.4 Å². The third kappa shape index (κ3) is 6.75. The molecule has 6 atom stereocenters. The second-order valence-electron chi connectivity index (χ2n) is 5.59. The summed E-state index contributed by atoms with van der Waals surface area (Å²) >= 11 is 0. The highest BCUT2D eigenvalue weighted by Crippen LogP contribution is 2.23. The summed E-state index contributed by atoms with van der Waals surface area (Å²) in [6, 6.07) is -1.03. The van der Waals surface area contributed by atoms with Crippen molar-refractivity contribution in [1.29, 1.82) is 0 Å². The Balaban J connectivity index is 0.00000576. The van der Waals surface area contributed by atoms with E-state index in [1.807, 2.05) is 0 Å². The van der Waals surface area contributed by atoms with E-state index in [-0.39, 0.29) is 33.3 Å². The quantitative estimate of drug-likeness (QED) is 0.290. The maximum atomic E-state index is 11.4. The summed E-state index contributed by atoms with van der Waals surface area (Å²) in [4.78, 5) is 22.2. The third-order valence-electron chi connectivity index (χ3n) is 3.86. The van der Waals surface area contributed by atoms with Crippen molar-refractivity contribution >= 4 is 12.1 Å². The summed E-state index contributed by atoms with van der Waals surface area (Å²) in [6.45, 7) is 1.06. The summed E-state index contributed by atoms with van der Waals surface area (Å²) in [7, 11) is 0. The first-order chi connectivity index (χ1) is 11.3. The van der Waals surface area contributed by atoms with Crippen LogP contribution in [0.3, 0.4) is 0 Å². The first-order valence-corrected chi connectivity index (χ1v) is 7.78. The Kier molecular flexibility index (Phi) is 10.6. The van der Waals surface area contributed by atoms with Crippen LogP contribution in [0.5, 0.6) is 0 Å². The van der Waals surface area contributed by atoms with Crippen LogP contribution in [0.1, 0.15) is 33.6 Å². The molecular formula is C15H29NO9. The van der Waals surface area contributed by atoms with E-state index in [0.717, 1.165) is 0 Å². The molecule has 1 rings (SSSR count). The van der Waals surface area contributed by atoms with Gasteiger partial charge in [0, 0.05) is 0 Å². The third-order valence-corrected chi connectivity index (χ3v) is 3.86. The molecule has 0 spiro atoms. The van der Waals surface area contributed by atoms with Crippen LogP contribution in [0.2, 0.25) is 0 Å².